The van der Waals surface area contributed by atoms with Crippen LogP contribution in [0.1, 0.15) is 38.4 Å². The Bertz CT molecular complexity index is 426. The summed E-state index contributed by atoms with van der Waals surface area (Å²) in [6.07, 6.45) is 1.80. The van der Waals surface area contributed by atoms with Gasteiger partial charge in [-0.2, -0.15) is 0 Å². The lowest BCUT2D eigenvalue weighted by Gasteiger charge is -2.27. The third-order valence-electron chi connectivity index (χ3n) is 3.78. The minimum atomic E-state index is -0.212. The van der Waals surface area contributed by atoms with E-state index in [2.05, 4.69) is 35.1 Å². The van der Waals surface area contributed by atoms with Crippen molar-refractivity contribution in [2.75, 3.05) is 13.2 Å². The molecule has 1 N–H and O–H groups in total. The predicted octanol–water partition coefficient (Wildman–Crippen LogP) is 3.81. The minimum absolute atomic E-state index is 0.0978. The van der Waals surface area contributed by atoms with Crippen LogP contribution in [0.3, 0.4) is 0 Å². The zero-order valence-corrected chi connectivity index (χ0v) is 12.4. The molecule has 4 heteroatoms. The molecule has 1 aromatic carbocycles. The molecule has 2 rings (SSSR count). The van der Waals surface area contributed by atoms with Crippen LogP contribution >= 0.6 is 15.9 Å². The van der Waals surface area contributed by atoms with E-state index < -0.39 is 0 Å². The smallest absolute Gasteiger partial charge is 0.130 e. The Balaban J connectivity index is 2.15. The van der Waals surface area contributed by atoms with Crippen LogP contribution in [0, 0.1) is 5.82 Å². The first kappa shape index (κ1) is 14.0. The van der Waals surface area contributed by atoms with Gasteiger partial charge in [-0.1, -0.05) is 28.9 Å². The standard InChI is InChI=1S/C14H19BrFNO/c1-3-14(2)6-7-18-13(9-17-14)11-5-4-10(15)8-12(11)16/h4-5,8,13,17H,3,6-7,9H2,1-2H3. The van der Waals surface area contributed by atoms with Crippen LogP contribution in [-0.2, 0) is 4.74 Å². The Hall–Kier alpha value is -0.450. The summed E-state index contributed by atoms with van der Waals surface area (Å²) in [5.41, 5.74) is 0.728. The van der Waals surface area contributed by atoms with Crippen molar-refractivity contribution in [3.63, 3.8) is 0 Å². The molecule has 2 atom stereocenters. The van der Waals surface area contributed by atoms with E-state index in [0.717, 1.165) is 17.3 Å². The number of hydrogen-bond donors (Lipinski definition) is 1. The van der Waals surface area contributed by atoms with Gasteiger partial charge in [0.25, 0.3) is 0 Å². The van der Waals surface area contributed by atoms with Crippen LogP contribution < -0.4 is 5.32 Å². The molecule has 0 amide bonds. The topological polar surface area (TPSA) is 21.3 Å². The van der Waals surface area contributed by atoms with Gasteiger partial charge in [0.2, 0.25) is 0 Å². The molecular weight excluding hydrogens is 297 g/mol. The third-order valence-corrected chi connectivity index (χ3v) is 4.27. The van der Waals surface area contributed by atoms with Gasteiger partial charge in [-0.3, -0.25) is 0 Å². The van der Waals surface area contributed by atoms with Crippen molar-refractivity contribution in [3.05, 3.63) is 34.1 Å². The van der Waals surface area contributed by atoms with Gasteiger partial charge in [0, 0.05) is 28.7 Å². The molecule has 1 aromatic rings. The average Bonchev–Trinajstić information content (AvgIpc) is 2.53. The molecule has 0 bridgehead atoms. The molecule has 0 spiro atoms. The first-order valence-corrected chi connectivity index (χ1v) is 7.15. The normalized spacial score (nSPS) is 29.0. The number of nitrogens with one attached hydrogen (secondary N) is 1. The third kappa shape index (κ3) is 3.11. The molecule has 1 aliphatic rings. The van der Waals surface area contributed by atoms with Crippen LogP contribution in [-0.4, -0.2) is 18.7 Å². The second-order valence-electron chi connectivity index (χ2n) is 5.07. The highest BCUT2D eigenvalue weighted by molar-refractivity contribution is 9.10. The van der Waals surface area contributed by atoms with Gasteiger partial charge >= 0.3 is 0 Å². The van der Waals surface area contributed by atoms with Crippen LogP contribution in [0.2, 0.25) is 0 Å². The van der Waals surface area contributed by atoms with E-state index in [4.69, 9.17) is 4.74 Å². The highest BCUT2D eigenvalue weighted by Gasteiger charge is 2.28. The second kappa shape index (κ2) is 5.68. The van der Waals surface area contributed by atoms with Crippen molar-refractivity contribution >= 4 is 15.9 Å². The van der Waals surface area contributed by atoms with E-state index in [1.165, 1.54) is 6.07 Å². The van der Waals surface area contributed by atoms with Crippen molar-refractivity contribution in [3.8, 4) is 0 Å². The molecule has 0 aromatic heterocycles. The van der Waals surface area contributed by atoms with Gasteiger partial charge in [-0.05, 0) is 31.9 Å². The number of benzene rings is 1. The van der Waals surface area contributed by atoms with Gasteiger partial charge in [-0.25, -0.2) is 4.39 Å². The van der Waals surface area contributed by atoms with Crippen LogP contribution in [0.15, 0.2) is 22.7 Å². The lowest BCUT2D eigenvalue weighted by Crippen LogP contribution is -2.42. The van der Waals surface area contributed by atoms with Crippen LogP contribution in [0.25, 0.3) is 0 Å². The van der Waals surface area contributed by atoms with Crippen molar-refractivity contribution in [1.29, 1.82) is 0 Å². The second-order valence-corrected chi connectivity index (χ2v) is 5.99. The van der Waals surface area contributed by atoms with E-state index in [9.17, 15) is 4.39 Å². The Labute approximate surface area is 116 Å². The monoisotopic (exact) mass is 315 g/mol. The summed E-state index contributed by atoms with van der Waals surface area (Å²) < 4.78 is 20.4. The largest absolute Gasteiger partial charge is 0.372 e. The Morgan fingerprint density at radius 1 is 1.56 bits per heavy atom. The average molecular weight is 316 g/mol. The zero-order valence-electron chi connectivity index (χ0n) is 10.8. The van der Waals surface area contributed by atoms with E-state index in [1.807, 2.05) is 6.07 Å². The van der Waals surface area contributed by atoms with E-state index in [-0.39, 0.29) is 17.5 Å². The molecule has 1 fully saturated rings. The molecule has 1 aliphatic heterocycles. The van der Waals surface area contributed by atoms with E-state index >= 15 is 0 Å². The molecule has 100 valence electrons. The molecule has 0 aliphatic carbocycles. The summed E-state index contributed by atoms with van der Waals surface area (Å²) in [6, 6.07) is 5.13. The maximum absolute atomic E-state index is 13.9. The fraction of sp³-hybridized carbons (Fsp3) is 0.571. The minimum Gasteiger partial charge on any atom is -0.372 e. The Kier molecular flexibility index (Phi) is 4.41. The predicted molar refractivity (Wildman–Crippen MR) is 74.1 cm³/mol. The molecule has 1 heterocycles. The lowest BCUT2D eigenvalue weighted by molar-refractivity contribution is 0.0628. The van der Waals surface area contributed by atoms with Crippen molar-refractivity contribution in [2.45, 2.75) is 38.3 Å². The number of rotatable bonds is 2. The quantitative estimate of drug-likeness (QED) is 0.896. The first-order chi connectivity index (χ1) is 8.54. The van der Waals surface area contributed by atoms with Crippen molar-refractivity contribution < 1.29 is 9.13 Å². The van der Waals surface area contributed by atoms with Gasteiger partial charge in [0.1, 0.15) is 5.82 Å². The highest BCUT2D eigenvalue weighted by atomic mass is 79.9. The van der Waals surface area contributed by atoms with Crippen LogP contribution in [0.4, 0.5) is 4.39 Å². The summed E-state index contributed by atoms with van der Waals surface area (Å²) in [4.78, 5) is 0. The number of hydrogen-bond acceptors (Lipinski definition) is 2. The molecule has 18 heavy (non-hydrogen) atoms. The summed E-state index contributed by atoms with van der Waals surface area (Å²) >= 11 is 3.27. The SMILES string of the molecule is CCC1(C)CCOC(c2ccc(Br)cc2F)CN1. The summed E-state index contributed by atoms with van der Waals surface area (Å²) in [5, 5.41) is 3.49. The van der Waals surface area contributed by atoms with Crippen molar-refractivity contribution in [2.24, 2.45) is 0 Å². The molecule has 1 saturated heterocycles. The fourth-order valence-electron chi connectivity index (χ4n) is 2.18. The summed E-state index contributed by atoms with van der Waals surface area (Å²) in [6.45, 7) is 5.67. The van der Waals surface area contributed by atoms with Gasteiger partial charge in [0.15, 0.2) is 0 Å². The van der Waals surface area contributed by atoms with Gasteiger partial charge < -0.3 is 10.1 Å². The number of ether oxygens (including phenoxy) is 1. The maximum Gasteiger partial charge on any atom is 0.130 e. The number of halogens is 2. The van der Waals surface area contributed by atoms with E-state index in [1.54, 1.807) is 6.07 Å². The Morgan fingerprint density at radius 3 is 3.00 bits per heavy atom. The molecule has 2 unspecified atom stereocenters. The van der Waals surface area contributed by atoms with Gasteiger partial charge in [-0.15, -0.1) is 0 Å². The molecule has 0 radical (unpaired) electrons. The zero-order chi connectivity index (χ0) is 13.2. The Morgan fingerprint density at radius 2 is 2.33 bits per heavy atom. The lowest BCUT2D eigenvalue weighted by atomic mass is 9.95. The maximum atomic E-state index is 13.9. The first-order valence-electron chi connectivity index (χ1n) is 6.36. The summed E-state index contributed by atoms with van der Waals surface area (Å²) in [7, 11) is 0. The fourth-order valence-corrected chi connectivity index (χ4v) is 2.51. The molecule has 0 saturated carbocycles. The molecule has 2 nitrogen and oxygen atoms in total. The molecular formula is C14H19BrFNO. The summed E-state index contributed by atoms with van der Waals surface area (Å²) in [5.74, 6) is -0.212. The van der Waals surface area contributed by atoms with Crippen LogP contribution in [0.5, 0.6) is 0 Å². The van der Waals surface area contributed by atoms with Gasteiger partial charge in [0.05, 0.1) is 6.10 Å². The van der Waals surface area contributed by atoms with Crippen molar-refractivity contribution in [1.82, 2.24) is 5.32 Å². The van der Waals surface area contributed by atoms with E-state index in [0.29, 0.717) is 18.7 Å². The highest BCUT2D eigenvalue weighted by Crippen LogP contribution is 2.28.